The molecule has 0 aliphatic rings. The van der Waals surface area contributed by atoms with Gasteiger partial charge in [0.15, 0.2) is 5.58 Å². The van der Waals surface area contributed by atoms with E-state index in [9.17, 15) is 5.11 Å². The van der Waals surface area contributed by atoms with Crippen LogP contribution in [0.1, 0.15) is 5.56 Å². The Balaban J connectivity index is 1.78. The van der Waals surface area contributed by atoms with Crippen LogP contribution in [0.25, 0.3) is 22.6 Å². The minimum Gasteiger partial charge on any atom is -0.506 e. The molecule has 138 valence electrons. The van der Waals surface area contributed by atoms with Gasteiger partial charge in [0, 0.05) is 12.1 Å². The van der Waals surface area contributed by atoms with Crippen LogP contribution in [-0.2, 0) is 6.54 Å². The Kier molecular flexibility index (Phi) is 5.33. The summed E-state index contributed by atoms with van der Waals surface area (Å²) in [5.74, 6) is 0.887. The first kappa shape index (κ1) is 18.3. The number of rotatable bonds is 6. The van der Waals surface area contributed by atoms with Crippen LogP contribution in [0.15, 0.2) is 61.4 Å². The second-order valence-corrected chi connectivity index (χ2v) is 8.97. The van der Waals surface area contributed by atoms with Crippen LogP contribution in [0, 0.1) is 0 Å². The molecule has 2 aromatic heterocycles. The smallest absolute Gasteiger partial charge is 0.229 e. The van der Waals surface area contributed by atoms with Crippen LogP contribution < -0.4 is 5.32 Å². The summed E-state index contributed by atoms with van der Waals surface area (Å²) in [7, 11) is 0. The third-order valence-electron chi connectivity index (χ3n) is 4.18. The molecule has 4 nitrogen and oxygen atoms in total. The summed E-state index contributed by atoms with van der Waals surface area (Å²) < 4.78 is 8.47. The Hall–Kier alpha value is -2.09. The lowest BCUT2D eigenvalue weighted by atomic mass is 10.2. The van der Waals surface area contributed by atoms with E-state index in [4.69, 9.17) is 9.40 Å². The van der Waals surface area contributed by atoms with Gasteiger partial charge in [0.05, 0.1) is 19.7 Å². The van der Waals surface area contributed by atoms with E-state index in [1.807, 2.05) is 42.5 Å². The molecule has 0 aliphatic heterocycles. The Labute approximate surface area is 170 Å². The summed E-state index contributed by atoms with van der Waals surface area (Å²) >= 11 is 5.18. The SMILES string of the molecule is CSc1sc(SC)c(-c2nc3ccccc3o2)c1CNc1ccccc1O. The Morgan fingerprint density at radius 1 is 1.04 bits per heavy atom. The molecule has 0 saturated carbocycles. The molecule has 2 aromatic carbocycles. The zero-order valence-corrected chi connectivity index (χ0v) is 17.3. The summed E-state index contributed by atoms with van der Waals surface area (Å²) in [5, 5.41) is 13.4. The van der Waals surface area contributed by atoms with Crippen molar-refractivity contribution >= 4 is 51.6 Å². The molecule has 0 amide bonds. The van der Waals surface area contributed by atoms with Crippen molar-refractivity contribution < 1.29 is 9.52 Å². The van der Waals surface area contributed by atoms with E-state index in [0.717, 1.165) is 22.2 Å². The highest BCUT2D eigenvalue weighted by atomic mass is 32.2. The van der Waals surface area contributed by atoms with Crippen LogP contribution >= 0.6 is 34.9 Å². The van der Waals surface area contributed by atoms with Gasteiger partial charge in [0.25, 0.3) is 0 Å². The number of nitrogens with zero attached hydrogens (tertiary/aromatic N) is 1. The first-order chi connectivity index (χ1) is 13.2. The maximum absolute atomic E-state index is 10.0. The fraction of sp³-hybridized carbons (Fsp3) is 0.150. The first-order valence-electron chi connectivity index (χ1n) is 8.32. The van der Waals surface area contributed by atoms with Gasteiger partial charge >= 0.3 is 0 Å². The first-order valence-corrected chi connectivity index (χ1v) is 11.6. The minimum absolute atomic E-state index is 0.243. The molecule has 0 fully saturated rings. The number of hydrogen-bond acceptors (Lipinski definition) is 7. The van der Waals surface area contributed by atoms with Crippen molar-refractivity contribution in [3.8, 4) is 17.2 Å². The maximum Gasteiger partial charge on any atom is 0.229 e. The van der Waals surface area contributed by atoms with Gasteiger partial charge in [0.1, 0.15) is 11.3 Å². The number of para-hydroxylation sites is 4. The molecule has 2 N–H and O–H groups in total. The van der Waals surface area contributed by atoms with Crippen molar-refractivity contribution in [1.82, 2.24) is 4.98 Å². The molecule has 0 spiro atoms. The second-order valence-electron chi connectivity index (χ2n) is 5.80. The van der Waals surface area contributed by atoms with Crippen molar-refractivity contribution in [1.29, 1.82) is 0 Å². The van der Waals surface area contributed by atoms with Crippen molar-refractivity contribution in [2.45, 2.75) is 15.0 Å². The fourth-order valence-electron chi connectivity index (χ4n) is 2.89. The molecule has 2 heterocycles. The molecule has 4 rings (SSSR count). The van der Waals surface area contributed by atoms with Crippen molar-refractivity contribution in [3.63, 3.8) is 0 Å². The van der Waals surface area contributed by atoms with Gasteiger partial charge < -0.3 is 14.8 Å². The van der Waals surface area contributed by atoms with Gasteiger partial charge in [0.2, 0.25) is 5.89 Å². The topological polar surface area (TPSA) is 58.3 Å². The number of benzene rings is 2. The molecular formula is C20H18N2O2S3. The van der Waals surface area contributed by atoms with Crippen molar-refractivity contribution in [2.24, 2.45) is 0 Å². The quantitative estimate of drug-likeness (QED) is 0.284. The summed E-state index contributed by atoms with van der Waals surface area (Å²) in [6.07, 6.45) is 4.15. The summed E-state index contributed by atoms with van der Waals surface area (Å²) in [6.45, 7) is 0.582. The third kappa shape index (κ3) is 3.54. The number of phenolic OH excluding ortho intramolecular Hbond substituents is 1. The molecule has 4 aromatic rings. The summed E-state index contributed by atoms with van der Waals surface area (Å²) in [6, 6.07) is 15.1. The summed E-state index contributed by atoms with van der Waals surface area (Å²) in [5.41, 5.74) is 4.54. The molecule has 0 unspecified atom stereocenters. The van der Waals surface area contributed by atoms with Gasteiger partial charge in [-0.1, -0.05) is 24.3 Å². The van der Waals surface area contributed by atoms with Gasteiger partial charge in [-0.3, -0.25) is 0 Å². The van der Waals surface area contributed by atoms with Gasteiger partial charge in [-0.05, 0) is 36.8 Å². The molecule has 0 saturated heterocycles. The molecular weight excluding hydrogens is 396 g/mol. The molecule has 0 radical (unpaired) electrons. The third-order valence-corrected chi connectivity index (χ3v) is 7.69. The van der Waals surface area contributed by atoms with E-state index in [-0.39, 0.29) is 5.75 Å². The number of thioether (sulfide) groups is 2. The molecule has 27 heavy (non-hydrogen) atoms. The minimum atomic E-state index is 0.243. The highest BCUT2D eigenvalue weighted by Gasteiger charge is 2.23. The fourth-order valence-corrected chi connectivity index (χ4v) is 5.83. The average molecular weight is 415 g/mol. The number of thiophene rings is 1. The lowest BCUT2D eigenvalue weighted by Gasteiger charge is -2.10. The highest BCUT2D eigenvalue weighted by Crippen LogP contribution is 2.46. The van der Waals surface area contributed by atoms with E-state index in [2.05, 4.69) is 17.8 Å². The molecule has 0 bridgehead atoms. The maximum atomic E-state index is 10.0. The largest absolute Gasteiger partial charge is 0.506 e. The molecule has 7 heteroatoms. The number of anilines is 1. The lowest BCUT2D eigenvalue weighted by molar-refractivity contribution is 0.477. The lowest BCUT2D eigenvalue weighted by Crippen LogP contribution is -2.01. The molecule has 0 aliphatic carbocycles. The van der Waals surface area contributed by atoms with E-state index < -0.39 is 0 Å². The van der Waals surface area contributed by atoms with Crippen LogP contribution in [0.4, 0.5) is 5.69 Å². The van der Waals surface area contributed by atoms with Gasteiger partial charge in [-0.2, -0.15) is 0 Å². The Morgan fingerprint density at radius 3 is 2.52 bits per heavy atom. The summed E-state index contributed by atoms with van der Waals surface area (Å²) in [4.78, 5) is 4.71. The van der Waals surface area contributed by atoms with Crippen molar-refractivity contribution in [3.05, 3.63) is 54.1 Å². The van der Waals surface area contributed by atoms with Gasteiger partial charge in [-0.15, -0.1) is 34.9 Å². The van der Waals surface area contributed by atoms with E-state index in [1.165, 1.54) is 8.42 Å². The Morgan fingerprint density at radius 2 is 1.78 bits per heavy atom. The number of aromatic nitrogens is 1. The standard InChI is InChI=1S/C20H18N2O2S3/c1-25-19-12(11-21-13-7-3-5-9-15(13)23)17(20(26-2)27-19)18-22-14-8-4-6-10-16(14)24-18/h3-10,21,23H,11H2,1-2H3. The number of oxazole rings is 1. The van der Waals surface area contributed by atoms with Crippen LogP contribution in [0.5, 0.6) is 5.75 Å². The molecule has 0 atom stereocenters. The predicted octanol–water partition coefficient (Wildman–Crippen LogP) is 6.32. The van der Waals surface area contributed by atoms with E-state index >= 15 is 0 Å². The monoisotopic (exact) mass is 414 g/mol. The second kappa shape index (κ2) is 7.88. The number of aromatic hydroxyl groups is 1. The predicted molar refractivity (Wildman–Crippen MR) is 116 cm³/mol. The normalized spacial score (nSPS) is 11.2. The number of phenols is 1. The number of fused-ring (bicyclic) bond motifs is 1. The van der Waals surface area contributed by atoms with E-state index in [0.29, 0.717) is 18.1 Å². The van der Waals surface area contributed by atoms with Crippen LogP contribution in [0.2, 0.25) is 0 Å². The van der Waals surface area contributed by atoms with Crippen LogP contribution in [0.3, 0.4) is 0 Å². The van der Waals surface area contributed by atoms with E-state index in [1.54, 1.807) is 40.9 Å². The Bertz CT molecular complexity index is 1050. The van der Waals surface area contributed by atoms with Crippen molar-refractivity contribution in [2.75, 3.05) is 17.8 Å². The zero-order valence-electron chi connectivity index (χ0n) is 14.9. The average Bonchev–Trinajstić information content (AvgIpc) is 3.27. The zero-order chi connectivity index (χ0) is 18.8. The highest BCUT2D eigenvalue weighted by molar-refractivity contribution is 8.03. The van der Waals surface area contributed by atoms with Crippen LogP contribution in [-0.4, -0.2) is 22.6 Å². The number of hydrogen-bond donors (Lipinski definition) is 2. The number of nitrogens with one attached hydrogen (secondary N) is 1. The van der Waals surface area contributed by atoms with Gasteiger partial charge in [-0.25, -0.2) is 4.98 Å².